The van der Waals surface area contributed by atoms with Crippen LogP contribution in [0.5, 0.6) is 0 Å². The van der Waals surface area contributed by atoms with E-state index >= 15 is 0 Å². The molecule has 1 heterocycles. The molecule has 0 aromatic rings. The van der Waals surface area contributed by atoms with Gasteiger partial charge in [-0.25, -0.2) is 8.42 Å². The van der Waals surface area contributed by atoms with Gasteiger partial charge in [-0.1, -0.05) is 6.92 Å². The molecule has 0 spiro atoms. The van der Waals surface area contributed by atoms with Gasteiger partial charge in [-0.3, -0.25) is 10.1 Å². The second-order valence-electron chi connectivity index (χ2n) is 2.87. The van der Waals surface area contributed by atoms with Crippen molar-refractivity contribution in [2.24, 2.45) is 0 Å². The average Bonchev–Trinajstić information content (AvgIpc) is 1.81. The van der Waals surface area contributed by atoms with Gasteiger partial charge < -0.3 is 0 Å². The molecular formula is C5H9NO4S. The minimum absolute atomic E-state index is 0.288. The molecule has 0 atom stereocenters. The van der Waals surface area contributed by atoms with Gasteiger partial charge in [0, 0.05) is 11.3 Å². The monoisotopic (exact) mass is 179 g/mol. The average molecular weight is 179 g/mol. The van der Waals surface area contributed by atoms with Crippen molar-refractivity contribution in [3.05, 3.63) is 10.1 Å². The Morgan fingerprint density at radius 2 is 2.00 bits per heavy atom. The van der Waals surface area contributed by atoms with Crippen molar-refractivity contribution < 1.29 is 13.3 Å². The van der Waals surface area contributed by atoms with Gasteiger partial charge in [-0.15, -0.1) is 0 Å². The van der Waals surface area contributed by atoms with Crippen LogP contribution in [0.2, 0.25) is 0 Å². The van der Waals surface area contributed by atoms with Gasteiger partial charge in [0.15, 0.2) is 9.84 Å². The summed E-state index contributed by atoms with van der Waals surface area (Å²) in [7, 11) is -3.09. The lowest BCUT2D eigenvalue weighted by Crippen LogP contribution is -2.59. The van der Waals surface area contributed by atoms with Crippen LogP contribution in [-0.2, 0) is 9.84 Å². The van der Waals surface area contributed by atoms with Crippen molar-refractivity contribution in [3.63, 3.8) is 0 Å². The summed E-state index contributed by atoms with van der Waals surface area (Å²) in [5.41, 5.74) is -1.17. The number of hydrogen-bond acceptors (Lipinski definition) is 4. The van der Waals surface area contributed by atoms with Crippen LogP contribution in [0.15, 0.2) is 0 Å². The summed E-state index contributed by atoms with van der Waals surface area (Å²) in [6.07, 6.45) is 0.291. The van der Waals surface area contributed by atoms with Crippen molar-refractivity contribution >= 4 is 9.84 Å². The highest BCUT2D eigenvalue weighted by molar-refractivity contribution is 7.93. The number of hydrogen-bond donors (Lipinski definition) is 0. The largest absolute Gasteiger partial charge is 0.264 e. The third-order valence-corrected chi connectivity index (χ3v) is 3.98. The van der Waals surface area contributed by atoms with E-state index in [1.165, 1.54) is 0 Å². The minimum atomic E-state index is -3.09. The van der Waals surface area contributed by atoms with Crippen LogP contribution >= 0.6 is 0 Å². The maximum absolute atomic E-state index is 10.7. The fraction of sp³-hybridized carbons (Fsp3) is 1.00. The van der Waals surface area contributed by atoms with E-state index in [4.69, 9.17) is 0 Å². The van der Waals surface area contributed by atoms with Crippen molar-refractivity contribution in [1.82, 2.24) is 0 Å². The van der Waals surface area contributed by atoms with Crippen LogP contribution in [0, 0.1) is 10.1 Å². The summed E-state index contributed by atoms with van der Waals surface area (Å²) >= 11 is 0. The molecular weight excluding hydrogens is 170 g/mol. The molecule has 1 aliphatic rings. The second kappa shape index (κ2) is 2.17. The summed E-state index contributed by atoms with van der Waals surface area (Å²) in [5, 5.41) is 10.4. The quantitative estimate of drug-likeness (QED) is 0.436. The van der Waals surface area contributed by atoms with Crippen LogP contribution < -0.4 is 0 Å². The first kappa shape index (κ1) is 8.45. The summed E-state index contributed by atoms with van der Waals surface area (Å²) in [6.45, 7) is 1.64. The molecule has 64 valence electrons. The smallest absolute Gasteiger partial charge is 0.249 e. The van der Waals surface area contributed by atoms with Gasteiger partial charge in [-0.05, 0) is 0 Å². The molecule has 0 radical (unpaired) electrons. The predicted octanol–water partition coefficient (Wildman–Crippen LogP) is -0.160. The van der Waals surface area contributed by atoms with E-state index in [1.54, 1.807) is 6.92 Å². The zero-order chi connectivity index (χ0) is 8.70. The predicted molar refractivity (Wildman–Crippen MR) is 38.7 cm³/mol. The lowest BCUT2D eigenvalue weighted by Gasteiger charge is -2.31. The molecule has 0 amide bonds. The van der Waals surface area contributed by atoms with Gasteiger partial charge in [0.1, 0.15) is 11.5 Å². The number of nitro groups is 1. The first-order valence-corrected chi connectivity index (χ1v) is 5.09. The Kier molecular flexibility index (Phi) is 1.66. The zero-order valence-corrected chi connectivity index (χ0v) is 6.93. The van der Waals surface area contributed by atoms with Gasteiger partial charge in [-0.2, -0.15) is 0 Å². The Balaban J connectivity index is 2.80. The highest BCUT2D eigenvalue weighted by atomic mass is 32.2. The van der Waals surface area contributed by atoms with Gasteiger partial charge in [0.05, 0.1) is 0 Å². The van der Waals surface area contributed by atoms with Crippen LogP contribution in [0.3, 0.4) is 0 Å². The third kappa shape index (κ3) is 1.22. The van der Waals surface area contributed by atoms with Crippen molar-refractivity contribution in [2.45, 2.75) is 18.9 Å². The van der Waals surface area contributed by atoms with Crippen molar-refractivity contribution in [3.8, 4) is 0 Å². The maximum atomic E-state index is 10.7. The first-order valence-electron chi connectivity index (χ1n) is 3.27. The van der Waals surface area contributed by atoms with Gasteiger partial charge in [0.2, 0.25) is 5.54 Å². The lowest BCUT2D eigenvalue weighted by atomic mass is 10.0. The fourth-order valence-electron chi connectivity index (χ4n) is 1.22. The SMILES string of the molecule is CCC1([N+](=O)[O-])CS(=O)(=O)C1. The van der Waals surface area contributed by atoms with Crippen LogP contribution in [0.1, 0.15) is 13.3 Å². The molecule has 11 heavy (non-hydrogen) atoms. The Hall–Kier alpha value is -0.650. The van der Waals surface area contributed by atoms with Gasteiger partial charge in [0.25, 0.3) is 0 Å². The molecule has 0 aromatic carbocycles. The van der Waals surface area contributed by atoms with E-state index in [0.29, 0.717) is 6.42 Å². The third-order valence-electron chi connectivity index (χ3n) is 2.02. The summed E-state index contributed by atoms with van der Waals surface area (Å²) in [5.74, 6) is -0.576. The van der Waals surface area contributed by atoms with E-state index in [2.05, 4.69) is 0 Å². The molecule has 1 fully saturated rings. The van der Waals surface area contributed by atoms with Crippen LogP contribution in [0.25, 0.3) is 0 Å². The van der Waals surface area contributed by atoms with E-state index in [-0.39, 0.29) is 11.5 Å². The van der Waals surface area contributed by atoms with Crippen LogP contribution in [0.4, 0.5) is 0 Å². The van der Waals surface area contributed by atoms with Crippen molar-refractivity contribution in [2.75, 3.05) is 11.5 Å². The molecule has 6 heteroatoms. The topological polar surface area (TPSA) is 77.3 Å². The second-order valence-corrected chi connectivity index (χ2v) is 4.93. The minimum Gasteiger partial charge on any atom is -0.264 e. The molecule has 0 aromatic heterocycles. The zero-order valence-electron chi connectivity index (χ0n) is 6.11. The van der Waals surface area contributed by atoms with E-state index in [9.17, 15) is 18.5 Å². The standard InChI is InChI=1S/C5H9NO4S/c1-2-5(6(7)8)3-11(9,10)4-5/h2-4H2,1H3. The summed E-state index contributed by atoms with van der Waals surface area (Å²) < 4.78 is 21.3. The molecule has 1 rings (SSSR count). The Labute approximate surface area is 64.5 Å². The van der Waals surface area contributed by atoms with E-state index in [0.717, 1.165) is 0 Å². The highest BCUT2D eigenvalue weighted by Gasteiger charge is 2.57. The molecule has 0 aliphatic carbocycles. The lowest BCUT2D eigenvalue weighted by molar-refractivity contribution is -0.561. The molecule has 0 N–H and O–H groups in total. The number of sulfone groups is 1. The molecule has 0 unspecified atom stereocenters. The Bertz CT molecular complexity index is 269. The molecule has 1 saturated heterocycles. The number of rotatable bonds is 2. The molecule has 0 bridgehead atoms. The molecule has 5 nitrogen and oxygen atoms in total. The highest BCUT2D eigenvalue weighted by Crippen LogP contribution is 2.29. The Morgan fingerprint density at radius 3 is 2.09 bits per heavy atom. The number of nitrogens with zero attached hydrogens (tertiary/aromatic N) is 1. The molecule has 1 aliphatic heterocycles. The maximum Gasteiger partial charge on any atom is 0.249 e. The van der Waals surface area contributed by atoms with Gasteiger partial charge >= 0.3 is 0 Å². The Morgan fingerprint density at radius 1 is 1.55 bits per heavy atom. The summed E-state index contributed by atoms with van der Waals surface area (Å²) in [4.78, 5) is 9.89. The normalized spacial score (nSPS) is 25.5. The van der Waals surface area contributed by atoms with E-state index < -0.39 is 20.3 Å². The summed E-state index contributed by atoms with van der Waals surface area (Å²) in [6, 6.07) is 0. The van der Waals surface area contributed by atoms with Crippen molar-refractivity contribution in [1.29, 1.82) is 0 Å². The van der Waals surface area contributed by atoms with E-state index in [1.807, 2.05) is 0 Å². The van der Waals surface area contributed by atoms with Crippen LogP contribution in [-0.4, -0.2) is 30.4 Å². The first-order chi connectivity index (χ1) is 4.92. The molecule has 0 saturated carbocycles. The fourth-order valence-corrected chi connectivity index (χ4v) is 3.39.